The number of nitrogens with two attached hydrogens (primary N) is 1. The largest absolute Gasteiger partial charge is 0.383 e. The van der Waals surface area contributed by atoms with Gasteiger partial charge in [0.15, 0.2) is 5.82 Å². The van der Waals surface area contributed by atoms with Crippen LogP contribution in [0.25, 0.3) is 11.4 Å². The van der Waals surface area contributed by atoms with Crippen LogP contribution in [0.1, 0.15) is 18.2 Å². The highest BCUT2D eigenvalue weighted by molar-refractivity contribution is 5.59. The van der Waals surface area contributed by atoms with E-state index in [-0.39, 0.29) is 11.4 Å². The summed E-state index contributed by atoms with van der Waals surface area (Å²) >= 11 is 0. The van der Waals surface area contributed by atoms with Gasteiger partial charge in [-0.05, 0) is 31.5 Å². The molecular formula is C13H13F2N3. The van der Waals surface area contributed by atoms with Crippen molar-refractivity contribution in [3.05, 3.63) is 41.1 Å². The van der Waals surface area contributed by atoms with E-state index in [9.17, 15) is 8.78 Å². The molecule has 94 valence electrons. The van der Waals surface area contributed by atoms with Crippen molar-refractivity contribution in [2.45, 2.75) is 20.3 Å². The first kappa shape index (κ1) is 12.4. The molecule has 3 nitrogen and oxygen atoms in total. The molecule has 0 fully saturated rings. The summed E-state index contributed by atoms with van der Waals surface area (Å²) in [5.41, 5.74) is 7.32. The lowest BCUT2D eigenvalue weighted by Gasteiger charge is -2.09. The van der Waals surface area contributed by atoms with Gasteiger partial charge in [-0.25, -0.2) is 18.7 Å². The minimum absolute atomic E-state index is 0.0208. The van der Waals surface area contributed by atoms with E-state index in [1.54, 1.807) is 6.92 Å². The van der Waals surface area contributed by atoms with Crippen LogP contribution in [0.4, 0.5) is 14.6 Å². The van der Waals surface area contributed by atoms with Crippen LogP contribution in [-0.2, 0) is 6.42 Å². The number of benzene rings is 1. The minimum atomic E-state index is -0.570. The molecule has 0 bridgehead atoms. The van der Waals surface area contributed by atoms with Crippen LogP contribution >= 0.6 is 0 Å². The van der Waals surface area contributed by atoms with Gasteiger partial charge in [0, 0.05) is 11.3 Å². The summed E-state index contributed by atoms with van der Waals surface area (Å²) in [7, 11) is 0. The van der Waals surface area contributed by atoms with Crippen LogP contribution in [0.5, 0.6) is 0 Å². The predicted octanol–water partition coefficient (Wildman–Crippen LogP) is 2.87. The lowest BCUT2D eigenvalue weighted by atomic mass is 10.1. The van der Waals surface area contributed by atoms with E-state index in [4.69, 9.17) is 5.73 Å². The summed E-state index contributed by atoms with van der Waals surface area (Å²) in [6.07, 6.45) is 0.698. The minimum Gasteiger partial charge on any atom is -0.383 e. The second-order valence-corrected chi connectivity index (χ2v) is 3.97. The Morgan fingerprint density at radius 1 is 1.22 bits per heavy atom. The molecule has 0 saturated heterocycles. The van der Waals surface area contributed by atoms with Gasteiger partial charge in [0.05, 0.1) is 5.56 Å². The first-order valence-electron chi connectivity index (χ1n) is 5.61. The van der Waals surface area contributed by atoms with Crippen LogP contribution in [0.3, 0.4) is 0 Å². The Morgan fingerprint density at radius 2 is 1.94 bits per heavy atom. The van der Waals surface area contributed by atoms with Gasteiger partial charge in [-0.1, -0.05) is 6.92 Å². The first-order valence-corrected chi connectivity index (χ1v) is 5.61. The Balaban J connectivity index is 2.61. The summed E-state index contributed by atoms with van der Waals surface area (Å²) in [6, 6.07) is 3.16. The van der Waals surface area contributed by atoms with Crippen LogP contribution < -0.4 is 5.73 Å². The SMILES string of the molecule is CCc1c(C)nc(-c2cc(F)ccc2F)nc1N. The molecule has 0 atom stereocenters. The molecule has 0 saturated carbocycles. The second kappa shape index (κ2) is 4.68. The summed E-state index contributed by atoms with van der Waals surface area (Å²) < 4.78 is 26.7. The van der Waals surface area contributed by atoms with E-state index in [1.165, 1.54) is 0 Å². The maximum Gasteiger partial charge on any atom is 0.164 e. The van der Waals surface area contributed by atoms with E-state index >= 15 is 0 Å². The van der Waals surface area contributed by atoms with Crippen molar-refractivity contribution in [2.24, 2.45) is 0 Å². The van der Waals surface area contributed by atoms with E-state index in [0.29, 0.717) is 17.9 Å². The molecule has 0 amide bonds. The summed E-state index contributed by atoms with van der Waals surface area (Å²) in [4.78, 5) is 8.22. The third-order valence-corrected chi connectivity index (χ3v) is 2.77. The molecule has 5 heteroatoms. The molecule has 1 aromatic heterocycles. The molecule has 0 spiro atoms. The molecule has 0 aliphatic heterocycles. The zero-order valence-corrected chi connectivity index (χ0v) is 10.2. The number of aromatic nitrogens is 2. The molecule has 1 aromatic carbocycles. The Labute approximate surface area is 104 Å². The monoisotopic (exact) mass is 249 g/mol. The van der Waals surface area contributed by atoms with Crippen LogP contribution in [0.15, 0.2) is 18.2 Å². The van der Waals surface area contributed by atoms with Crippen molar-refractivity contribution in [3.63, 3.8) is 0 Å². The van der Waals surface area contributed by atoms with Crippen LogP contribution in [-0.4, -0.2) is 9.97 Å². The van der Waals surface area contributed by atoms with Crippen molar-refractivity contribution in [1.29, 1.82) is 0 Å². The molecule has 2 rings (SSSR count). The molecule has 0 aliphatic rings. The number of nitrogens with zero attached hydrogens (tertiary/aromatic N) is 2. The maximum absolute atomic E-state index is 13.6. The van der Waals surface area contributed by atoms with Gasteiger partial charge < -0.3 is 5.73 Å². The Bertz CT molecular complexity index is 574. The van der Waals surface area contributed by atoms with E-state index in [0.717, 1.165) is 23.8 Å². The fourth-order valence-electron chi connectivity index (χ4n) is 1.84. The highest BCUT2D eigenvalue weighted by Gasteiger charge is 2.13. The fraction of sp³-hybridized carbons (Fsp3) is 0.231. The van der Waals surface area contributed by atoms with Gasteiger partial charge in [-0.3, -0.25) is 0 Å². The summed E-state index contributed by atoms with van der Waals surface area (Å²) in [5, 5.41) is 0. The molecule has 2 aromatic rings. The van der Waals surface area contributed by atoms with Crippen molar-refractivity contribution in [3.8, 4) is 11.4 Å². The molecular weight excluding hydrogens is 236 g/mol. The van der Waals surface area contributed by atoms with E-state index in [1.807, 2.05) is 6.92 Å². The van der Waals surface area contributed by atoms with Crippen molar-refractivity contribution >= 4 is 5.82 Å². The molecule has 18 heavy (non-hydrogen) atoms. The molecule has 2 N–H and O–H groups in total. The van der Waals surface area contributed by atoms with Crippen molar-refractivity contribution in [1.82, 2.24) is 9.97 Å². The van der Waals surface area contributed by atoms with Crippen LogP contribution in [0.2, 0.25) is 0 Å². The Hall–Kier alpha value is -2.04. The highest BCUT2D eigenvalue weighted by Crippen LogP contribution is 2.23. The number of hydrogen-bond donors (Lipinski definition) is 1. The third kappa shape index (κ3) is 2.16. The summed E-state index contributed by atoms with van der Waals surface area (Å²) in [5.74, 6) is -0.687. The lowest BCUT2D eigenvalue weighted by Crippen LogP contribution is -2.05. The van der Waals surface area contributed by atoms with Gasteiger partial charge in [0.2, 0.25) is 0 Å². The average molecular weight is 249 g/mol. The maximum atomic E-state index is 13.6. The average Bonchev–Trinajstić information content (AvgIpc) is 2.32. The first-order chi connectivity index (χ1) is 8.52. The number of halogens is 2. The topological polar surface area (TPSA) is 51.8 Å². The Morgan fingerprint density at radius 3 is 2.56 bits per heavy atom. The predicted molar refractivity (Wildman–Crippen MR) is 65.9 cm³/mol. The summed E-state index contributed by atoms with van der Waals surface area (Å²) in [6.45, 7) is 3.71. The van der Waals surface area contributed by atoms with Gasteiger partial charge in [0.25, 0.3) is 0 Å². The second-order valence-electron chi connectivity index (χ2n) is 3.97. The van der Waals surface area contributed by atoms with Crippen molar-refractivity contribution in [2.75, 3.05) is 5.73 Å². The smallest absolute Gasteiger partial charge is 0.164 e. The zero-order chi connectivity index (χ0) is 13.3. The number of anilines is 1. The molecule has 0 aliphatic carbocycles. The van der Waals surface area contributed by atoms with Crippen LogP contribution in [0, 0.1) is 18.6 Å². The molecule has 0 unspecified atom stereocenters. The number of aryl methyl sites for hydroxylation is 1. The molecule has 1 heterocycles. The number of nitrogen functional groups attached to an aromatic ring is 1. The normalized spacial score (nSPS) is 10.7. The van der Waals surface area contributed by atoms with Gasteiger partial charge >= 0.3 is 0 Å². The zero-order valence-electron chi connectivity index (χ0n) is 10.2. The van der Waals surface area contributed by atoms with Gasteiger partial charge in [0.1, 0.15) is 17.5 Å². The quantitative estimate of drug-likeness (QED) is 0.890. The van der Waals surface area contributed by atoms with E-state index in [2.05, 4.69) is 9.97 Å². The highest BCUT2D eigenvalue weighted by atomic mass is 19.1. The molecule has 0 radical (unpaired) electrons. The standard InChI is InChI=1S/C13H13F2N3/c1-3-9-7(2)17-13(18-12(9)16)10-6-8(14)4-5-11(10)15/h4-6H,3H2,1-2H3,(H2,16,17,18). The lowest BCUT2D eigenvalue weighted by molar-refractivity contribution is 0.602. The van der Waals surface area contributed by atoms with Crippen molar-refractivity contribution < 1.29 is 8.78 Å². The van der Waals surface area contributed by atoms with Gasteiger partial charge in [-0.15, -0.1) is 0 Å². The van der Waals surface area contributed by atoms with Gasteiger partial charge in [-0.2, -0.15) is 0 Å². The number of hydrogen-bond acceptors (Lipinski definition) is 3. The number of rotatable bonds is 2. The van der Waals surface area contributed by atoms with E-state index < -0.39 is 11.6 Å². The third-order valence-electron chi connectivity index (χ3n) is 2.77. The Kier molecular flexibility index (Phi) is 3.23. The fourth-order valence-corrected chi connectivity index (χ4v) is 1.84.